The van der Waals surface area contributed by atoms with E-state index in [0.717, 1.165) is 16.9 Å². The summed E-state index contributed by atoms with van der Waals surface area (Å²) >= 11 is 1.34. The maximum absolute atomic E-state index is 11.0. The van der Waals surface area contributed by atoms with E-state index in [0.29, 0.717) is 23.9 Å². The van der Waals surface area contributed by atoms with Gasteiger partial charge in [0.2, 0.25) is 5.91 Å². The highest BCUT2D eigenvalue weighted by Gasteiger charge is 2.15. The number of thioether (sulfide) groups is 1. The summed E-state index contributed by atoms with van der Waals surface area (Å²) in [5.41, 5.74) is 1.93. The van der Waals surface area contributed by atoms with Gasteiger partial charge in [-0.2, -0.15) is 5.10 Å². The largest absolute Gasteiger partial charge is 0.489 e. The van der Waals surface area contributed by atoms with Crippen molar-refractivity contribution in [1.29, 1.82) is 0 Å². The number of carbonyl (C=O) groups excluding carboxylic acids is 1. The van der Waals surface area contributed by atoms with E-state index in [1.54, 1.807) is 12.3 Å². The third kappa shape index (κ3) is 4.60. The molecule has 5 nitrogen and oxygen atoms in total. The van der Waals surface area contributed by atoms with E-state index in [1.165, 1.54) is 11.8 Å². The number of allylic oxidation sites excluding steroid dienone is 1. The van der Waals surface area contributed by atoms with E-state index >= 15 is 0 Å². The van der Waals surface area contributed by atoms with Crippen LogP contribution in [0, 0.1) is 0 Å². The normalized spacial score (nSPS) is 16.0. The molecule has 1 saturated heterocycles. The number of nitrogens with zero attached hydrogens (tertiary/aromatic N) is 2. The van der Waals surface area contributed by atoms with Crippen molar-refractivity contribution in [2.75, 3.05) is 12.4 Å². The fourth-order valence-corrected chi connectivity index (χ4v) is 2.44. The number of carbonyl (C=O) groups is 1. The molecule has 1 heterocycles. The summed E-state index contributed by atoms with van der Waals surface area (Å²) < 4.78 is 5.60. The Kier molecular flexibility index (Phi) is 5.97. The molecule has 0 unspecified atom stereocenters. The molecule has 1 aromatic carbocycles. The fraction of sp³-hybridized carbons (Fsp3) is 0.188. The van der Waals surface area contributed by atoms with Crippen molar-refractivity contribution in [2.45, 2.75) is 6.42 Å². The first-order valence-corrected chi connectivity index (χ1v) is 7.72. The minimum Gasteiger partial charge on any atom is -0.489 e. The van der Waals surface area contributed by atoms with E-state index < -0.39 is 0 Å². The van der Waals surface area contributed by atoms with Crippen LogP contribution in [-0.4, -0.2) is 29.6 Å². The van der Waals surface area contributed by atoms with E-state index in [4.69, 9.17) is 4.74 Å². The number of rotatable bonds is 7. The maximum Gasteiger partial charge on any atom is 0.236 e. The van der Waals surface area contributed by atoms with E-state index in [1.807, 2.05) is 24.3 Å². The Bertz CT molecular complexity index is 638. The number of nitrogens with one attached hydrogen (secondary N) is 1. The van der Waals surface area contributed by atoms with Crippen LogP contribution in [0.5, 0.6) is 5.75 Å². The third-order valence-corrected chi connectivity index (χ3v) is 3.61. The summed E-state index contributed by atoms with van der Waals surface area (Å²) in [6.07, 6.45) is 5.87. The van der Waals surface area contributed by atoms with Gasteiger partial charge in [0.1, 0.15) is 12.4 Å². The number of hydrogen-bond donors (Lipinski definition) is 1. The summed E-state index contributed by atoms with van der Waals surface area (Å²) in [5, 5.41) is 11.1. The van der Waals surface area contributed by atoms with Crippen molar-refractivity contribution in [3.63, 3.8) is 0 Å². The Morgan fingerprint density at radius 3 is 2.91 bits per heavy atom. The van der Waals surface area contributed by atoms with Gasteiger partial charge in [-0.3, -0.25) is 4.79 Å². The molecule has 22 heavy (non-hydrogen) atoms. The zero-order valence-corrected chi connectivity index (χ0v) is 12.9. The van der Waals surface area contributed by atoms with Crippen LogP contribution in [0.1, 0.15) is 11.1 Å². The van der Waals surface area contributed by atoms with Gasteiger partial charge < -0.3 is 10.1 Å². The number of benzene rings is 1. The highest BCUT2D eigenvalue weighted by molar-refractivity contribution is 8.15. The molecule has 0 saturated carbocycles. The van der Waals surface area contributed by atoms with Gasteiger partial charge in [0, 0.05) is 0 Å². The van der Waals surface area contributed by atoms with Crippen molar-refractivity contribution in [3.8, 4) is 5.75 Å². The summed E-state index contributed by atoms with van der Waals surface area (Å²) in [6.45, 7) is 7.85. The van der Waals surface area contributed by atoms with Crippen molar-refractivity contribution in [2.24, 2.45) is 10.2 Å². The average molecular weight is 315 g/mol. The third-order valence-electron chi connectivity index (χ3n) is 2.75. The number of ether oxygens (including phenoxy) is 1. The lowest BCUT2D eigenvalue weighted by Crippen LogP contribution is -2.19. The van der Waals surface area contributed by atoms with Crippen molar-refractivity contribution >= 4 is 29.1 Å². The minimum atomic E-state index is -0.0454. The fourth-order valence-electron chi connectivity index (χ4n) is 1.81. The van der Waals surface area contributed by atoms with Crippen molar-refractivity contribution < 1.29 is 9.53 Å². The van der Waals surface area contributed by atoms with Gasteiger partial charge >= 0.3 is 0 Å². The van der Waals surface area contributed by atoms with Crippen molar-refractivity contribution in [3.05, 3.63) is 54.6 Å². The number of amides is 1. The molecule has 6 heteroatoms. The predicted octanol–water partition coefficient (Wildman–Crippen LogP) is 2.53. The first-order chi connectivity index (χ1) is 10.7. The molecule has 114 valence electrons. The Morgan fingerprint density at radius 2 is 2.23 bits per heavy atom. The number of hydrogen-bond acceptors (Lipinski definition) is 5. The van der Waals surface area contributed by atoms with Gasteiger partial charge in [-0.1, -0.05) is 30.5 Å². The van der Waals surface area contributed by atoms with E-state index in [9.17, 15) is 4.79 Å². The van der Waals surface area contributed by atoms with Gasteiger partial charge in [-0.25, -0.2) is 0 Å². The molecule has 0 spiro atoms. The summed E-state index contributed by atoms with van der Waals surface area (Å²) in [7, 11) is 0. The Morgan fingerprint density at radius 1 is 1.36 bits per heavy atom. The Hall–Kier alpha value is -2.34. The van der Waals surface area contributed by atoms with Crippen LogP contribution in [-0.2, 0) is 11.2 Å². The molecule has 0 bridgehead atoms. The lowest BCUT2D eigenvalue weighted by atomic mass is 10.1. The molecule has 1 N–H and O–H groups in total. The maximum atomic E-state index is 11.0. The van der Waals surface area contributed by atoms with Crippen molar-refractivity contribution in [1.82, 2.24) is 5.32 Å². The quantitative estimate of drug-likeness (QED) is 0.478. The smallest absolute Gasteiger partial charge is 0.236 e. The van der Waals surface area contributed by atoms with E-state index in [-0.39, 0.29) is 5.91 Å². The first kappa shape index (κ1) is 16.0. The second kappa shape index (κ2) is 8.19. The molecule has 1 amide bonds. The molecule has 0 radical (unpaired) electrons. The number of amidine groups is 1. The average Bonchev–Trinajstić information content (AvgIpc) is 2.92. The highest BCUT2D eigenvalue weighted by Crippen LogP contribution is 2.21. The van der Waals surface area contributed by atoms with Crippen LogP contribution >= 0.6 is 11.8 Å². The van der Waals surface area contributed by atoms with Crippen LogP contribution in [0.25, 0.3) is 0 Å². The molecule has 1 fully saturated rings. The standard InChI is InChI=1S/C16H17N3O2S/c1-3-5-13-9-12(6-7-14(13)21-8-4-2)10-17-19-16-18-15(20)11-22-16/h3-4,6-7,9-10H,1-2,5,8,11H2,(H,18,19,20). The van der Waals surface area contributed by atoms with Crippen LogP contribution in [0.2, 0.25) is 0 Å². The zero-order valence-electron chi connectivity index (χ0n) is 12.1. The van der Waals surface area contributed by atoms with Gasteiger partial charge in [0.05, 0.1) is 12.0 Å². The lowest BCUT2D eigenvalue weighted by molar-refractivity contribution is -0.116. The Balaban J connectivity index is 2.10. The summed E-state index contributed by atoms with van der Waals surface area (Å²) in [4.78, 5) is 11.0. The molecule has 1 aromatic rings. The van der Waals surface area contributed by atoms with Gasteiger partial charge in [0.25, 0.3) is 0 Å². The summed E-state index contributed by atoms with van der Waals surface area (Å²) in [6, 6.07) is 5.77. The topological polar surface area (TPSA) is 63.1 Å². The van der Waals surface area contributed by atoms with Crippen LogP contribution in [0.3, 0.4) is 0 Å². The second-order valence-electron chi connectivity index (χ2n) is 4.45. The molecular weight excluding hydrogens is 298 g/mol. The SMILES string of the molecule is C=CCOc1ccc(C=NN=C2NC(=O)CS2)cc1CC=C. The highest BCUT2D eigenvalue weighted by atomic mass is 32.2. The minimum absolute atomic E-state index is 0.0454. The van der Waals surface area contributed by atoms with Gasteiger partial charge in [-0.15, -0.1) is 11.7 Å². The van der Waals surface area contributed by atoms with E-state index in [2.05, 4.69) is 28.7 Å². The van der Waals surface area contributed by atoms with Crippen LogP contribution < -0.4 is 10.1 Å². The first-order valence-electron chi connectivity index (χ1n) is 6.74. The zero-order chi connectivity index (χ0) is 15.8. The molecule has 0 atom stereocenters. The molecule has 0 aromatic heterocycles. The van der Waals surface area contributed by atoms with Gasteiger partial charge in [0.15, 0.2) is 5.17 Å². The summed E-state index contributed by atoms with van der Waals surface area (Å²) in [5.74, 6) is 1.16. The lowest BCUT2D eigenvalue weighted by Gasteiger charge is -2.09. The second-order valence-corrected chi connectivity index (χ2v) is 5.41. The van der Waals surface area contributed by atoms with Gasteiger partial charge in [-0.05, 0) is 35.7 Å². The van der Waals surface area contributed by atoms with Crippen LogP contribution in [0.4, 0.5) is 0 Å². The molecule has 0 aliphatic carbocycles. The predicted molar refractivity (Wildman–Crippen MR) is 91.7 cm³/mol. The van der Waals surface area contributed by atoms with Crippen LogP contribution in [0.15, 0.2) is 53.7 Å². The molecule has 1 aliphatic rings. The Labute approximate surface area is 133 Å². The molecule has 1 aliphatic heterocycles. The molecular formula is C16H17N3O2S. The monoisotopic (exact) mass is 315 g/mol. The molecule has 2 rings (SSSR count).